The smallest absolute Gasteiger partial charge is 0.240 e. The minimum absolute atomic E-state index is 0.0242. The van der Waals surface area contributed by atoms with Crippen LogP contribution in [0.15, 0.2) is 0 Å². The summed E-state index contributed by atoms with van der Waals surface area (Å²) in [6.45, 7) is 2.23. The number of carbonyl (C=O) groups is 1. The molecule has 3 nitrogen and oxygen atoms in total. The van der Waals surface area contributed by atoms with Gasteiger partial charge in [-0.2, -0.15) is 5.26 Å². The molecule has 0 radical (unpaired) electrons. The van der Waals surface area contributed by atoms with Crippen LogP contribution in [0.1, 0.15) is 45.4 Å². The Morgan fingerprint density at radius 2 is 2.12 bits per heavy atom. The minimum Gasteiger partial charge on any atom is -0.337 e. The Labute approximate surface area is 102 Å². The molecule has 0 heterocycles. The van der Waals surface area contributed by atoms with Crippen molar-refractivity contribution in [1.82, 2.24) is 4.90 Å². The van der Waals surface area contributed by atoms with Gasteiger partial charge in [-0.15, -0.1) is 11.6 Å². The van der Waals surface area contributed by atoms with E-state index in [0.29, 0.717) is 19.0 Å². The molecular weight excluding hydrogens is 224 g/mol. The molecule has 0 aliphatic heterocycles. The third-order valence-electron chi connectivity index (χ3n) is 3.10. The lowest BCUT2D eigenvalue weighted by Crippen LogP contribution is -2.44. The number of rotatable bonds is 4. The molecular formula is C12H19ClN2O. The second-order valence-corrected chi connectivity index (χ2v) is 5.00. The van der Waals surface area contributed by atoms with Gasteiger partial charge in [-0.25, -0.2) is 0 Å². The second kappa shape index (κ2) is 6.75. The summed E-state index contributed by atoms with van der Waals surface area (Å²) in [6.07, 6.45) is 6.12. The van der Waals surface area contributed by atoms with Crippen molar-refractivity contribution in [3.05, 3.63) is 0 Å². The molecule has 0 aromatic rings. The van der Waals surface area contributed by atoms with E-state index in [1.165, 1.54) is 19.3 Å². The first-order valence-electron chi connectivity index (χ1n) is 5.98. The number of alkyl halides is 1. The maximum atomic E-state index is 11.9. The molecule has 1 aliphatic rings. The van der Waals surface area contributed by atoms with Gasteiger partial charge >= 0.3 is 0 Å². The molecule has 1 saturated carbocycles. The third-order valence-corrected chi connectivity index (χ3v) is 3.29. The number of nitrogens with zero attached hydrogens (tertiary/aromatic N) is 2. The fourth-order valence-corrected chi connectivity index (χ4v) is 2.39. The van der Waals surface area contributed by atoms with Crippen molar-refractivity contribution in [3.8, 4) is 6.07 Å². The molecule has 90 valence electrons. The van der Waals surface area contributed by atoms with Crippen molar-refractivity contribution in [2.24, 2.45) is 0 Å². The fraction of sp³-hybridized carbons (Fsp3) is 0.833. The molecule has 0 bridgehead atoms. The summed E-state index contributed by atoms with van der Waals surface area (Å²) >= 11 is 5.85. The Hall–Kier alpha value is -0.750. The zero-order chi connectivity index (χ0) is 12.0. The van der Waals surface area contributed by atoms with Crippen LogP contribution in [0.3, 0.4) is 0 Å². The highest BCUT2D eigenvalue weighted by molar-refractivity contribution is 6.30. The molecule has 16 heavy (non-hydrogen) atoms. The highest BCUT2D eigenvalue weighted by Crippen LogP contribution is 2.23. The van der Waals surface area contributed by atoms with E-state index in [-0.39, 0.29) is 5.91 Å². The van der Waals surface area contributed by atoms with Crippen molar-refractivity contribution in [2.45, 2.75) is 56.9 Å². The summed E-state index contributed by atoms with van der Waals surface area (Å²) in [7, 11) is 0. The molecule has 1 amide bonds. The van der Waals surface area contributed by atoms with Crippen molar-refractivity contribution >= 4 is 17.5 Å². The number of nitriles is 1. The first kappa shape index (κ1) is 13.3. The lowest BCUT2D eigenvalue weighted by molar-refractivity contribution is -0.133. The summed E-state index contributed by atoms with van der Waals surface area (Å²) in [5.41, 5.74) is 0. The van der Waals surface area contributed by atoms with Gasteiger partial charge in [0.2, 0.25) is 5.91 Å². The lowest BCUT2D eigenvalue weighted by Gasteiger charge is -2.34. The van der Waals surface area contributed by atoms with Gasteiger partial charge in [0.15, 0.2) is 0 Å². The first-order valence-corrected chi connectivity index (χ1v) is 6.42. The monoisotopic (exact) mass is 242 g/mol. The summed E-state index contributed by atoms with van der Waals surface area (Å²) in [4.78, 5) is 13.8. The summed E-state index contributed by atoms with van der Waals surface area (Å²) < 4.78 is 0. The van der Waals surface area contributed by atoms with E-state index in [0.717, 1.165) is 12.8 Å². The quantitative estimate of drug-likeness (QED) is 0.712. The Kier molecular flexibility index (Phi) is 5.62. The highest BCUT2D eigenvalue weighted by Gasteiger charge is 2.27. The Balaban J connectivity index is 2.61. The van der Waals surface area contributed by atoms with Gasteiger partial charge in [-0.1, -0.05) is 19.3 Å². The van der Waals surface area contributed by atoms with Crippen LogP contribution in [-0.4, -0.2) is 28.8 Å². The number of carbonyl (C=O) groups excluding carboxylic acids is 1. The molecule has 1 fully saturated rings. The predicted octanol–water partition coefficient (Wildman–Crippen LogP) is 2.69. The van der Waals surface area contributed by atoms with Gasteiger partial charge in [0.05, 0.1) is 12.5 Å². The Morgan fingerprint density at radius 3 is 2.62 bits per heavy atom. The van der Waals surface area contributed by atoms with Gasteiger partial charge in [0.25, 0.3) is 0 Å². The van der Waals surface area contributed by atoms with Gasteiger partial charge in [0, 0.05) is 12.6 Å². The van der Waals surface area contributed by atoms with Crippen LogP contribution in [0, 0.1) is 11.3 Å². The summed E-state index contributed by atoms with van der Waals surface area (Å²) in [6, 6.07) is 2.40. The average Bonchev–Trinajstić information content (AvgIpc) is 2.30. The molecule has 1 unspecified atom stereocenters. The minimum atomic E-state index is -0.486. The Bertz CT molecular complexity index is 267. The number of amides is 1. The van der Waals surface area contributed by atoms with E-state index in [1.54, 1.807) is 6.92 Å². The summed E-state index contributed by atoms with van der Waals surface area (Å²) in [5.74, 6) is -0.0242. The van der Waals surface area contributed by atoms with Gasteiger partial charge in [0.1, 0.15) is 5.38 Å². The SMILES string of the molecule is CC(Cl)C(=O)N(CCC#N)C1CCCCC1. The van der Waals surface area contributed by atoms with Crippen LogP contribution >= 0.6 is 11.6 Å². The number of hydrogen-bond acceptors (Lipinski definition) is 2. The van der Waals surface area contributed by atoms with Gasteiger partial charge in [-0.05, 0) is 19.8 Å². The Morgan fingerprint density at radius 1 is 1.50 bits per heavy atom. The van der Waals surface area contributed by atoms with E-state index in [9.17, 15) is 4.79 Å². The van der Waals surface area contributed by atoms with Gasteiger partial charge in [-0.3, -0.25) is 4.79 Å². The zero-order valence-electron chi connectivity index (χ0n) is 9.79. The largest absolute Gasteiger partial charge is 0.337 e. The van der Waals surface area contributed by atoms with Crippen molar-refractivity contribution in [3.63, 3.8) is 0 Å². The molecule has 0 aromatic carbocycles. The zero-order valence-corrected chi connectivity index (χ0v) is 10.5. The van der Waals surface area contributed by atoms with Crippen LogP contribution in [0.2, 0.25) is 0 Å². The fourth-order valence-electron chi connectivity index (χ4n) is 2.26. The first-order chi connectivity index (χ1) is 7.66. The molecule has 1 rings (SSSR count). The topological polar surface area (TPSA) is 44.1 Å². The standard InChI is InChI=1S/C12H19ClN2O/c1-10(13)12(16)15(9-5-8-14)11-6-3-2-4-7-11/h10-11H,2-7,9H2,1H3. The molecule has 0 N–H and O–H groups in total. The number of halogens is 1. The van der Waals surface area contributed by atoms with Crippen LogP contribution in [0.5, 0.6) is 0 Å². The van der Waals surface area contributed by atoms with Crippen molar-refractivity contribution in [1.29, 1.82) is 5.26 Å². The summed E-state index contributed by atoms with van der Waals surface area (Å²) in [5, 5.41) is 8.13. The van der Waals surface area contributed by atoms with Crippen LogP contribution < -0.4 is 0 Å². The molecule has 1 aliphatic carbocycles. The predicted molar refractivity (Wildman–Crippen MR) is 64.1 cm³/mol. The van der Waals surface area contributed by atoms with Gasteiger partial charge < -0.3 is 4.90 Å². The molecule has 4 heteroatoms. The van der Waals surface area contributed by atoms with E-state index in [2.05, 4.69) is 6.07 Å². The van der Waals surface area contributed by atoms with Crippen LogP contribution in [-0.2, 0) is 4.79 Å². The molecule has 0 saturated heterocycles. The van der Waals surface area contributed by atoms with Crippen molar-refractivity contribution < 1.29 is 4.79 Å². The van der Waals surface area contributed by atoms with E-state index < -0.39 is 5.38 Å². The molecule has 0 aromatic heterocycles. The maximum Gasteiger partial charge on any atom is 0.240 e. The van der Waals surface area contributed by atoms with Crippen LogP contribution in [0.4, 0.5) is 0 Å². The number of hydrogen-bond donors (Lipinski definition) is 0. The van der Waals surface area contributed by atoms with E-state index >= 15 is 0 Å². The second-order valence-electron chi connectivity index (χ2n) is 4.35. The molecule has 1 atom stereocenters. The third kappa shape index (κ3) is 3.68. The van der Waals surface area contributed by atoms with E-state index in [1.807, 2.05) is 4.90 Å². The molecule has 0 spiro atoms. The normalized spacial score (nSPS) is 18.8. The maximum absolute atomic E-state index is 11.9. The van der Waals surface area contributed by atoms with E-state index in [4.69, 9.17) is 16.9 Å². The average molecular weight is 243 g/mol. The van der Waals surface area contributed by atoms with Crippen molar-refractivity contribution in [2.75, 3.05) is 6.54 Å². The lowest BCUT2D eigenvalue weighted by atomic mass is 9.94. The van der Waals surface area contributed by atoms with Crippen LogP contribution in [0.25, 0.3) is 0 Å². The highest BCUT2D eigenvalue weighted by atomic mass is 35.5.